The molecule has 0 spiro atoms. The average Bonchev–Trinajstić information content (AvgIpc) is 2.91. The highest BCUT2D eigenvalue weighted by Crippen LogP contribution is 2.61. The molecule has 0 saturated carbocycles. The molecular formula is C32H34N2O2. The standard InChI is InChI=1S/C32H34N2O2/c1-29(2)31(25-17-9-5-10-18-25,26-19-11-6-12-20-26)34(36)30(3,4)32(33(29)35,27-21-13-7-14-22-27)28-23-15-8-16-24-28/h5-24,35-36H,1-4H3. The maximum atomic E-state index is 12.7. The Balaban J connectivity index is 1.92. The topological polar surface area (TPSA) is 46.9 Å². The van der Waals surface area contributed by atoms with E-state index in [9.17, 15) is 10.4 Å². The van der Waals surface area contributed by atoms with E-state index in [1.807, 2.05) is 149 Å². The molecule has 4 nitrogen and oxygen atoms in total. The molecule has 36 heavy (non-hydrogen) atoms. The molecule has 0 atom stereocenters. The van der Waals surface area contributed by atoms with Crippen LogP contribution >= 0.6 is 0 Å². The van der Waals surface area contributed by atoms with Crippen molar-refractivity contribution in [3.8, 4) is 0 Å². The van der Waals surface area contributed by atoms with Gasteiger partial charge in [-0.05, 0) is 49.9 Å². The molecule has 4 aromatic rings. The van der Waals surface area contributed by atoms with E-state index >= 15 is 0 Å². The second kappa shape index (κ2) is 8.68. The maximum Gasteiger partial charge on any atom is 0.117 e. The van der Waals surface area contributed by atoms with Crippen LogP contribution in [-0.4, -0.2) is 31.6 Å². The lowest BCUT2D eigenvalue weighted by atomic mass is 9.57. The van der Waals surface area contributed by atoms with Crippen LogP contribution in [0.25, 0.3) is 0 Å². The maximum absolute atomic E-state index is 12.7. The minimum Gasteiger partial charge on any atom is -0.312 e. The molecule has 1 aliphatic rings. The van der Waals surface area contributed by atoms with Crippen molar-refractivity contribution in [3.05, 3.63) is 144 Å². The lowest BCUT2D eigenvalue weighted by Gasteiger charge is -2.70. The number of nitrogens with zero attached hydrogens (tertiary/aromatic N) is 2. The van der Waals surface area contributed by atoms with Crippen molar-refractivity contribution in [1.29, 1.82) is 0 Å². The molecule has 184 valence electrons. The van der Waals surface area contributed by atoms with Crippen molar-refractivity contribution < 1.29 is 10.4 Å². The number of rotatable bonds is 4. The van der Waals surface area contributed by atoms with Gasteiger partial charge in [-0.25, -0.2) is 0 Å². The fraction of sp³-hybridized carbons (Fsp3) is 0.250. The molecule has 4 aromatic carbocycles. The molecule has 0 aliphatic carbocycles. The van der Waals surface area contributed by atoms with Crippen LogP contribution < -0.4 is 0 Å². The zero-order valence-electron chi connectivity index (χ0n) is 21.3. The second-order valence-electron chi connectivity index (χ2n) is 10.6. The Morgan fingerprint density at radius 2 is 0.583 bits per heavy atom. The molecule has 0 bridgehead atoms. The van der Waals surface area contributed by atoms with E-state index < -0.39 is 22.2 Å². The lowest BCUT2D eigenvalue weighted by molar-refractivity contribution is -0.392. The van der Waals surface area contributed by atoms with Gasteiger partial charge < -0.3 is 10.4 Å². The summed E-state index contributed by atoms with van der Waals surface area (Å²) in [6.45, 7) is 8.02. The number of hydroxylamine groups is 4. The second-order valence-corrected chi connectivity index (χ2v) is 10.6. The van der Waals surface area contributed by atoms with Crippen LogP contribution in [0, 0.1) is 0 Å². The van der Waals surface area contributed by atoms with Gasteiger partial charge in [-0.15, -0.1) is 0 Å². The Morgan fingerprint density at radius 3 is 0.778 bits per heavy atom. The van der Waals surface area contributed by atoms with Crippen molar-refractivity contribution in [2.24, 2.45) is 0 Å². The fourth-order valence-electron chi connectivity index (χ4n) is 6.62. The first-order chi connectivity index (χ1) is 17.2. The molecule has 1 fully saturated rings. The van der Waals surface area contributed by atoms with Crippen LogP contribution in [0.1, 0.15) is 49.9 Å². The summed E-state index contributed by atoms with van der Waals surface area (Å²) in [5.74, 6) is 0. The van der Waals surface area contributed by atoms with Crippen molar-refractivity contribution >= 4 is 0 Å². The van der Waals surface area contributed by atoms with Crippen molar-refractivity contribution in [1.82, 2.24) is 10.1 Å². The average molecular weight is 479 g/mol. The van der Waals surface area contributed by atoms with E-state index in [0.717, 1.165) is 22.3 Å². The van der Waals surface area contributed by atoms with E-state index in [1.165, 1.54) is 10.1 Å². The van der Waals surface area contributed by atoms with Gasteiger partial charge >= 0.3 is 0 Å². The number of hydrogen-bond acceptors (Lipinski definition) is 4. The number of hydrogen-bond donors (Lipinski definition) is 2. The summed E-state index contributed by atoms with van der Waals surface area (Å²) in [5, 5.41) is 28.3. The van der Waals surface area contributed by atoms with Crippen LogP contribution in [0.5, 0.6) is 0 Å². The molecule has 5 rings (SSSR count). The summed E-state index contributed by atoms with van der Waals surface area (Å²) < 4.78 is 0. The highest BCUT2D eigenvalue weighted by molar-refractivity contribution is 5.51. The summed E-state index contributed by atoms with van der Waals surface area (Å²) in [6, 6.07) is 40.0. The van der Waals surface area contributed by atoms with Gasteiger partial charge in [-0.2, -0.15) is 10.1 Å². The first-order valence-electron chi connectivity index (χ1n) is 12.4. The Hall–Kier alpha value is -3.28. The van der Waals surface area contributed by atoms with Crippen LogP contribution in [0.15, 0.2) is 121 Å². The van der Waals surface area contributed by atoms with Crippen LogP contribution in [0.4, 0.5) is 0 Å². The number of piperazine rings is 1. The van der Waals surface area contributed by atoms with E-state index in [1.54, 1.807) is 0 Å². The SMILES string of the molecule is CC1(C)N(O)C(c2ccccc2)(c2ccccc2)C(C)(C)N(O)C1(c1ccccc1)c1ccccc1. The largest absolute Gasteiger partial charge is 0.312 e. The quantitative estimate of drug-likeness (QED) is 0.338. The molecule has 1 heterocycles. The van der Waals surface area contributed by atoms with Crippen molar-refractivity contribution in [2.75, 3.05) is 0 Å². The number of benzene rings is 4. The first kappa shape index (κ1) is 24.4. The van der Waals surface area contributed by atoms with E-state index in [0.29, 0.717) is 0 Å². The van der Waals surface area contributed by atoms with Gasteiger partial charge in [-0.1, -0.05) is 121 Å². The molecule has 4 heteroatoms. The van der Waals surface area contributed by atoms with Gasteiger partial charge in [0.25, 0.3) is 0 Å². The smallest absolute Gasteiger partial charge is 0.117 e. The van der Waals surface area contributed by atoms with E-state index in [2.05, 4.69) is 0 Å². The van der Waals surface area contributed by atoms with Crippen LogP contribution in [0.2, 0.25) is 0 Å². The summed E-state index contributed by atoms with van der Waals surface area (Å²) in [4.78, 5) is 0. The monoisotopic (exact) mass is 478 g/mol. The van der Waals surface area contributed by atoms with Gasteiger partial charge in [0, 0.05) is 0 Å². The van der Waals surface area contributed by atoms with Crippen LogP contribution in [-0.2, 0) is 11.1 Å². The third-order valence-corrected chi connectivity index (χ3v) is 8.23. The van der Waals surface area contributed by atoms with E-state index in [-0.39, 0.29) is 0 Å². The summed E-state index contributed by atoms with van der Waals surface area (Å²) >= 11 is 0. The lowest BCUT2D eigenvalue weighted by Crippen LogP contribution is -2.83. The van der Waals surface area contributed by atoms with Crippen molar-refractivity contribution in [2.45, 2.75) is 49.9 Å². The van der Waals surface area contributed by atoms with Gasteiger partial charge in [0.15, 0.2) is 0 Å². The van der Waals surface area contributed by atoms with E-state index in [4.69, 9.17) is 0 Å². The van der Waals surface area contributed by atoms with Gasteiger partial charge in [0.1, 0.15) is 11.1 Å². The molecule has 0 aromatic heterocycles. The highest BCUT2D eigenvalue weighted by atomic mass is 16.5. The minimum atomic E-state index is -1.10. The highest BCUT2D eigenvalue weighted by Gasteiger charge is 2.72. The molecular weight excluding hydrogens is 444 g/mol. The Morgan fingerprint density at radius 1 is 0.389 bits per heavy atom. The zero-order valence-corrected chi connectivity index (χ0v) is 21.3. The Labute approximate surface area is 214 Å². The molecule has 0 radical (unpaired) electrons. The minimum absolute atomic E-state index is 0.894. The molecule has 2 N–H and O–H groups in total. The third-order valence-electron chi connectivity index (χ3n) is 8.23. The molecule has 1 aliphatic heterocycles. The fourth-order valence-corrected chi connectivity index (χ4v) is 6.62. The Kier molecular flexibility index (Phi) is 5.89. The first-order valence-corrected chi connectivity index (χ1v) is 12.4. The van der Waals surface area contributed by atoms with Crippen molar-refractivity contribution in [3.63, 3.8) is 0 Å². The van der Waals surface area contributed by atoms with Gasteiger partial charge in [0.2, 0.25) is 0 Å². The summed E-state index contributed by atoms with van der Waals surface area (Å²) in [7, 11) is 0. The summed E-state index contributed by atoms with van der Waals surface area (Å²) in [5.41, 5.74) is -0.633. The zero-order chi connectivity index (χ0) is 25.6. The van der Waals surface area contributed by atoms with Gasteiger partial charge in [0.05, 0.1) is 11.1 Å². The summed E-state index contributed by atoms with van der Waals surface area (Å²) in [6.07, 6.45) is 0. The third kappa shape index (κ3) is 3.02. The molecule has 1 saturated heterocycles. The predicted molar refractivity (Wildman–Crippen MR) is 143 cm³/mol. The van der Waals surface area contributed by atoms with Gasteiger partial charge in [-0.3, -0.25) is 0 Å². The molecule has 0 amide bonds. The predicted octanol–water partition coefficient (Wildman–Crippen LogP) is 6.83. The normalized spacial score (nSPS) is 20.6. The van der Waals surface area contributed by atoms with Crippen LogP contribution in [0.3, 0.4) is 0 Å². The molecule has 0 unspecified atom stereocenters. The Bertz CT molecular complexity index is 1120.